The van der Waals surface area contributed by atoms with Crippen LogP contribution in [0, 0.1) is 0 Å². The predicted molar refractivity (Wildman–Crippen MR) is 58.7 cm³/mol. The first kappa shape index (κ1) is 8.86. The molecule has 1 saturated carbocycles. The minimum absolute atomic E-state index is 0.557. The molecule has 1 aliphatic heterocycles. The molecular weight excluding hydrogens is 192 g/mol. The van der Waals surface area contributed by atoms with Gasteiger partial charge in [0.2, 0.25) is 0 Å². The van der Waals surface area contributed by atoms with Crippen LogP contribution in [0.15, 0.2) is 5.38 Å². The molecule has 2 heterocycles. The van der Waals surface area contributed by atoms with E-state index in [0.717, 1.165) is 5.92 Å². The van der Waals surface area contributed by atoms with Gasteiger partial charge in [0, 0.05) is 11.3 Å². The van der Waals surface area contributed by atoms with E-state index in [4.69, 9.17) is 4.98 Å². The van der Waals surface area contributed by atoms with Gasteiger partial charge < -0.3 is 5.32 Å². The molecule has 2 nitrogen and oxygen atoms in total. The van der Waals surface area contributed by atoms with Crippen molar-refractivity contribution in [3.8, 4) is 0 Å². The Kier molecular flexibility index (Phi) is 2.30. The molecule has 2 aliphatic rings. The van der Waals surface area contributed by atoms with Crippen LogP contribution in [-0.4, -0.2) is 11.5 Å². The summed E-state index contributed by atoms with van der Waals surface area (Å²) in [4.78, 5) is 4.75. The summed E-state index contributed by atoms with van der Waals surface area (Å²) in [5, 5.41) is 7.15. The number of hydrogen-bond donors (Lipinski definition) is 1. The van der Waals surface area contributed by atoms with E-state index in [-0.39, 0.29) is 0 Å². The van der Waals surface area contributed by atoms with Crippen LogP contribution in [-0.2, 0) is 0 Å². The number of nitrogens with zero attached hydrogens (tertiary/aromatic N) is 1. The molecule has 14 heavy (non-hydrogen) atoms. The van der Waals surface area contributed by atoms with Crippen LogP contribution < -0.4 is 5.32 Å². The van der Waals surface area contributed by atoms with Crippen molar-refractivity contribution in [2.24, 2.45) is 0 Å². The summed E-state index contributed by atoms with van der Waals surface area (Å²) in [7, 11) is 0. The van der Waals surface area contributed by atoms with Gasteiger partial charge in [0.25, 0.3) is 0 Å². The molecule has 1 saturated heterocycles. The van der Waals surface area contributed by atoms with Crippen molar-refractivity contribution in [1.29, 1.82) is 0 Å². The minimum atomic E-state index is 0.557. The van der Waals surface area contributed by atoms with Crippen LogP contribution in [0.5, 0.6) is 0 Å². The molecular formula is C11H16N2S. The van der Waals surface area contributed by atoms with Crippen molar-refractivity contribution in [3.63, 3.8) is 0 Å². The average molecular weight is 208 g/mol. The second-order valence-corrected chi connectivity index (χ2v) is 5.28. The molecule has 2 fully saturated rings. The molecule has 0 spiro atoms. The van der Waals surface area contributed by atoms with Gasteiger partial charge >= 0.3 is 0 Å². The Morgan fingerprint density at radius 1 is 1.29 bits per heavy atom. The molecule has 1 atom stereocenters. The number of nitrogens with one attached hydrogen (secondary N) is 1. The van der Waals surface area contributed by atoms with E-state index in [2.05, 4.69) is 10.7 Å². The fourth-order valence-corrected chi connectivity index (χ4v) is 3.10. The number of piperidine rings is 1. The zero-order valence-electron chi connectivity index (χ0n) is 8.33. The third-order valence-electron chi connectivity index (χ3n) is 3.14. The molecule has 0 bridgehead atoms. The fourth-order valence-electron chi connectivity index (χ4n) is 2.09. The van der Waals surface area contributed by atoms with Crippen LogP contribution in [0.2, 0.25) is 0 Å². The highest BCUT2D eigenvalue weighted by atomic mass is 32.1. The number of rotatable bonds is 2. The van der Waals surface area contributed by atoms with Crippen molar-refractivity contribution in [2.45, 2.75) is 44.1 Å². The summed E-state index contributed by atoms with van der Waals surface area (Å²) >= 11 is 1.85. The highest BCUT2D eigenvalue weighted by Gasteiger charge is 2.27. The maximum atomic E-state index is 4.75. The summed E-state index contributed by atoms with van der Waals surface area (Å²) in [5.41, 5.74) is 1.36. The maximum absolute atomic E-state index is 4.75. The van der Waals surface area contributed by atoms with Gasteiger partial charge in [-0.05, 0) is 32.2 Å². The Morgan fingerprint density at radius 3 is 2.93 bits per heavy atom. The van der Waals surface area contributed by atoms with Crippen LogP contribution >= 0.6 is 11.3 Å². The molecule has 76 valence electrons. The van der Waals surface area contributed by atoms with E-state index in [1.807, 2.05) is 11.3 Å². The van der Waals surface area contributed by atoms with E-state index in [0.29, 0.717) is 6.04 Å². The minimum Gasteiger partial charge on any atom is -0.308 e. The van der Waals surface area contributed by atoms with E-state index in [9.17, 15) is 0 Å². The first-order valence-electron chi connectivity index (χ1n) is 5.62. The smallest absolute Gasteiger partial charge is 0.110 e. The van der Waals surface area contributed by atoms with Gasteiger partial charge in [-0.3, -0.25) is 0 Å². The molecule has 0 radical (unpaired) electrons. The van der Waals surface area contributed by atoms with Crippen LogP contribution in [0.25, 0.3) is 0 Å². The molecule has 1 N–H and O–H groups in total. The molecule has 1 aliphatic carbocycles. The summed E-state index contributed by atoms with van der Waals surface area (Å²) < 4.78 is 0. The molecule has 1 unspecified atom stereocenters. The second kappa shape index (κ2) is 3.63. The normalized spacial score (nSPS) is 27.9. The number of thiazole rings is 1. The standard InChI is InChI=1S/C11H16N2S/c1-2-6-12-9(3-1)11-13-10(7-14-11)8-4-5-8/h7-9,12H,1-6H2. The van der Waals surface area contributed by atoms with Gasteiger partial charge in [-0.25, -0.2) is 4.98 Å². The monoisotopic (exact) mass is 208 g/mol. The SMILES string of the molecule is c1sc(C2CCCCN2)nc1C1CC1. The third-order valence-corrected chi connectivity index (χ3v) is 4.12. The van der Waals surface area contributed by atoms with Gasteiger partial charge in [0.05, 0.1) is 11.7 Å². The first-order valence-corrected chi connectivity index (χ1v) is 6.50. The molecule has 3 rings (SSSR count). The molecule has 1 aromatic heterocycles. The third kappa shape index (κ3) is 1.71. The van der Waals surface area contributed by atoms with Gasteiger partial charge in [-0.2, -0.15) is 0 Å². The number of hydrogen-bond acceptors (Lipinski definition) is 3. The molecule has 3 heteroatoms. The lowest BCUT2D eigenvalue weighted by atomic mass is 10.1. The quantitative estimate of drug-likeness (QED) is 0.808. The van der Waals surface area contributed by atoms with Crippen LogP contribution in [0.4, 0.5) is 0 Å². The summed E-state index contributed by atoms with van der Waals surface area (Å²) in [5.74, 6) is 0.809. The molecule has 0 aromatic carbocycles. The van der Waals surface area contributed by atoms with Gasteiger partial charge in [0.1, 0.15) is 5.01 Å². The predicted octanol–water partition coefficient (Wildman–Crippen LogP) is 2.84. The van der Waals surface area contributed by atoms with E-state index >= 15 is 0 Å². The largest absolute Gasteiger partial charge is 0.308 e. The Labute approximate surface area is 88.7 Å². The summed E-state index contributed by atoms with van der Waals surface area (Å²) in [6, 6.07) is 0.557. The van der Waals surface area contributed by atoms with Gasteiger partial charge in [-0.15, -0.1) is 11.3 Å². The maximum Gasteiger partial charge on any atom is 0.110 e. The topological polar surface area (TPSA) is 24.9 Å². The lowest BCUT2D eigenvalue weighted by Crippen LogP contribution is -2.26. The lowest BCUT2D eigenvalue weighted by Gasteiger charge is -2.21. The zero-order valence-corrected chi connectivity index (χ0v) is 9.15. The van der Waals surface area contributed by atoms with Crippen LogP contribution in [0.3, 0.4) is 0 Å². The van der Waals surface area contributed by atoms with E-state index in [1.165, 1.54) is 49.4 Å². The van der Waals surface area contributed by atoms with Gasteiger partial charge in [0.15, 0.2) is 0 Å². The summed E-state index contributed by atoms with van der Waals surface area (Å²) in [6.07, 6.45) is 6.69. The Hall–Kier alpha value is -0.410. The zero-order chi connectivity index (χ0) is 9.38. The highest BCUT2D eigenvalue weighted by molar-refractivity contribution is 7.09. The molecule has 1 aromatic rings. The van der Waals surface area contributed by atoms with Crippen LogP contribution in [0.1, 0.15) is 54.8 Å². The Bertz CT molecular complexity index is 311. The van der Waals surface area contributed by atoms with Crippen molar-refractivity contribution >= 4 is 11.3 Å². The van der Waals surface area contributed by atoms with Gasteiger partial charge in [-0.1, -0.05) is 6.42 Å². The van der Waals surface area contributed by atoms with Crippen molar-refractivity contribution < 1.29 is 0 Å². The Morgan fingerprint density at radius 2 is 2.21 bits per heavy atom. The fraction of sp³-hybridized carbons (Fsp3) is 0.727. The summed E-state index contributed by atoms with van der Waals surface area (Å²) in [6.45, 7) is 1.17. The highest BCUT2D eigenvalue weighted by Crippen LogP contribution is 2.41. The van der Waals surface area contributed by atoms with Crippen molar-refractivity contribution in [3.05, 3.63) is 16.1 Å². The average Bonchev–Trinajstić information content (AvgIpc) is 2.98. The van der Waals surface area contributed by atoms with Crippen molar-refractivity contribution in [2.75, 3.05) is 6.54 Å². The second-order valence-electron chi connectivity index (χ2n) is 4.39. The lowest BCUT2D eigenvalue weighted by molar-refractivity contribution is 0.410. The number of aromatic nitrogens is 1. The van der Waals surface area contributed by atoms with E-state index in [1.54, 1.807) is 0 Å². The molecule has 0 amide bonds. The first-order chi connectivity index (χ1) is 6.93. The Balaban J connectivity index is 1.74. The van der Waals surface area contributed by atoms with E-state index < -0.39 is 0 Å². The van der Waals surface area contributed by atoms with Crippen molar-refractivity contribution in [1.82, 2.24) is 10.3 Å².